The van der Waals surface area contributed by atoms with Crippen molar-refractivity contribution in [2.75, 3.05) is 51.8 Å². The molecule has 0 atom stereocenters. The summed E-state index contributed by atoms with van der Waals surface area (Å²) in [6, 6.07) is 6.43. The van der Waals surface area contributed by atoms with Gasteiger partial charge in [-0.05, 0) is 44.2 Å². The van der Waals surface area contributed by atoms with Crippen molar-refractivity contribution >= 4 is 17.3 Å². The molecule has 1 heterocycles. The Hall–Kier alpha value is -2.35. The zero-order valence-electron chi connectivity index (χ0n) is 16.3. The fourth-order valence-corrected chi connectivity index (χ4v) is 3.05. The smallest absolute Gasteiger partial charge is 0.269 e. The van der Waals surface area contributed by atoms with E-state index in [4.69, 9.17) is 4.74 Å². The fraction of sp³-hybridized carbons (Fsp3) is 0.632. The lowest BCUT2D eigenvalue weighted by Gasteiger charge is -2.26. The molecule has 0 aromatic heterocycles. The number of guanidine groups is 1. The van der Waals surface area contributed by atoms with Crippen molar-refractivity contribution in [2.24, 2.45) is 10.9 Å². The molecule has 1 aliphatic heterocycles. The van der Waals surface area contributed by atoms with Crippen molar-refractivity contribution in [3.05, 3.63) is 34.4 Å². The van der Waals surface area contributed by atoms with E-state index in [2.05, 4.69) is 34.5 Å². The first-order valence-electron chi connectivity index (χ1n) is 9.65. The summed E-state index contributed by atoms with van der Waals surface area (Å²) in [5.74, 6) is 1.66. The number of hydrogen-bond acceptors (Lipinski definition) is 5. The molecule has 2 N–H and O–H groups in total. The van der Waals surface area contributed by atoms with Crippen LogP contribution in [0.5, 0.6) is 0 Å². The van der Waals surface area contributed by atoms with Crippen LogP contribution in [0, 0.1) is 16.0 Å². The van der Waals surface area contributed by atoms with Gasteiger partial charge in [-0.2, -0.15) is 0 Å². The molecule has 27 heavy (non-hydrogen) atoms. The largest absolute Gasteiger partial charge is 0.383 e. The lowest BCUT2D eigenvalue weighted by molar-refractivity contribution is -0.384. The molecule has 1 saturated heterocycles. The number of benzene rings is 1. The molecule has 0 amide bonds. The van der Waals surface area contributed by atoms with Crippen LogP contribution in [-0.4, -0.2) is 62.2 Å². The highest BCUT2D eigenvalue weighted by Gasteiger charge is 2.15. The Morgan fingerprint density at radius 3 is 2.67 bits per heavy atom. The summed E-state index contributed by atoms with van der Waals surface area (Å²) in [7, 11) is 2.07. The SMILES string of the molecule is CCNC(=NCCNc1ccc([N+](=O)[O-])cc1)N(C)CCC1CCOCC1. The quantitative estimate of drug-likeness (QED) is 0.226. The molecule has 150 valence electrons. The summed E-state index contributed by atoms with van der Waals surface area (Å²) < 4.78 is 5.42. The first-order chi connectivity index (χ1) is 13.1. The van der Waals surface area contributed by atoms with Gasteiger partial charge in [0.2, 0.25) is 0 Å². The summed E-state index contributed by atoms with van der Waals surface area (Å²) in [6.45, 7) is 6.94. The highest BCUT2D eigenvalue weighted by atomic mass is 16.6. The number of rotatable bonds is 9. The Morgan fingerprint density at radius 2 is 2.04 bits per heavy atom. The average Bonchev–Trinajstić information content (AvgIpc) is 2.69. The molecule has 2 rings (SSSR count). The van der Waals surface area contributed by atoms with Crippen LogP contribution >= 0.6 is 0 Å². The summed E-state index contributed by atoms with van der Waals surface area (Å²) in [5.41, 5.74) is 0.952. The number of nitro benzene ring substituents is 1. The highest BCUT2D eigenvalue weighted by Crippen LogP contribution is 2.18. The average molecular weight is 377 g/mol. The van der Waals surface area contributed by atoms with Crippen molar-refractivity contribution in [2.45, 2.75) is 26.2 Å². The predicted octanol–water partition coefficient (Wildman–Crippen LogP) is 2.72. The van der Waals surface area contributed by atoms with Gasteiger partial charge >= 0.3 is 0 Å². The van der Waals surface area contributed by atoms with Crippen LogP contribution in [0.15, 0.2) is 29.3 Å². The van der Waals surface area contributed by atoms with E-state index in [-0.39, 0.29) is 5.69 Å². The van der Waals surface area contributed by atoms with Gasteiger partial charge in [-0.25, -0.2) is 0 Å². The van der Waals surface area contributed by atoms with E-state index in [9.17, 15) is 10.1 Å². The third-order valence-corrected chi connectivity index (χ3v) is 4.69. The first kappa shape index (κ1) is 21.0. The van der Waals surface area contributed by atoms with Gasteiger partial charge in [0, 0.05) is 57.7 Å². The molecule has 1 fully saturated rings. The lowest BCUT2D eigenvalue weighted by Crippen LogP contribution is -2.40. The van der Waals surface area contributed by atoms with Crippen molar-refractivity contribution in [3.8, 4) is 0 Å². The summed E-state index contributed by atoms with van der Waals surface area (Å²) >= 11 is 0. The molecule has 0 bridgehead atoms. The number of hydrogen-bond donors (Lipinski definition) is 2. The van der Waals surface area contributed by atoms with Crippen molar-refractivity contribution in [1.82, 2.24) is 10.2 Å². The Balaban J connectivity index is 1.76. The zero-order chi connectivity index (χ0) is 19.5. The van der Waals surface area contributed by atoms with Crippen LogP contribution in [-0.2, 0) is 4.74 Å². The Labute approximate surface area is 161 Å². The maximum absolute atomic E-state index is 10.7. The Bertz CT molecular complexity index is 600. The number of nitro groups is 1. The third kappa shape index (κ3) is 7.42. The number of nitrogens with zero attached hydrogens (tertiary/aromatic N) is 3. The van der Waals surface area contributed by atoms with Crippen molar-refractivity contribution in [3.63, 3.8) is 0 Å². The monoisotopic (exact) mass is 377 g/mol. The minimum atomic E-state index is -0.396. The minimum absolute atomic E-state index is 0.0964. The van der Waals surface area contributed by atoms with Crippen LogP contribution in [0.1, 0.15) is 26.2 Å². The second kappa shape index (κ2) is 11.4. The first-order valence-corrected chi connectivity index (χ1v) is 9.65. The highest BCUT2D eigenvalue weighted by molar-refractivity contribution is 5.79. The predicted molar refractivity (Wildman–Crippen MR) is 108 cm³/mol. The molecule has 1 aromatic carbocycles. The number of non-ortho nitro benzene ring substituents is 1. The van der Waals surface area contributed by atoms with Gasteiger partial charge in [0.15, 0.2) is 5.96 Å². The summed E-state index contributed by atoms with van der Waals surface area (Å²) in [5, 5.41) is 17.3. The van der Waals surface area contributed by atoms with Crippen LogP contribution in [0.2, 0.25) is 0 Å². The molecule has 1 aromatic rings. The van der Waals surface area contributed by atoms with E-state index >= 15 is 0 Å². The van der Waals surface area contributed by atoms with E-state index in [1.165, 1.54) is 12.1 Å². The molecule has 0 saturated carbocycles. The van der Waals surface area contributed by atoms with Crippen LogP contribution in [0.25, 0.3) is 0 Å². The van der Waals surface area contributed by atoms with Crippen LogP contribution < -0.4 is 10.6 Å². The fourth-order valence-electron chi connectivity index (χ4n) is 3.05. The maximum atomic E-state index is 10.7. The van der Waals surface area contributed by atoms with Gasteiger partial charge < -0.3 is 20.3 Å². The third-order valence-electron chi connectivity index (χ3n) is 4.69. The standard InChI is InChI=1S/C19H31N5O3/c1-3-20-19(23(2)13-8-16-9-14-27-15-10-16)22-12-11-21-17-4-6-18(7-5-17)24(25)26/h4-7,16,21H,3,8-15H2,1-2H3,(H,20,22). The Morgan fingerprint density at radius 1 is 1.33 bits per heavy atom. The molecular weight excluding hydrogens is 346 g/mol. The minimum Gasteiger partial charge on any atom is -0.383 e. The van der Waals surface area contributed by atoms with E-state index < -0.39 is 4.92 Å². The topological polar surface area (TPSA) is 92.0 Å². The van der Waals surface area contributed by atoms with E-state index in [1.54, 1.807) is 12.1 Å². The number of anilines is 1. The van der Waals surface area contributed by atoms with E-state index in [1.807, 2.05) is 0 Å². The molecule has 1 aliphatic rings. The molecule has 8 heteroatoms. The van der Waals surface area contributed by atoms with E-state index in [0.717, 1.165) is 63.1 Å². The maximum Gasteiger partial charge on any atom is 0.269 e. The van der Waals surface area contributed by atoms with Gasteiger partial charge in [0.1, 0.15) is 0 Å². The normalized spacial score (nSPS) is 15.4. The number of nitrogens with one attached hydrogen (secondary N) is 2. The van der Waals surface area contributed by atoms with Crippen LogP contribution in [0.3, 0.4) is 0 Å². The summed E-state index contributed by atoms with van der Waals surface area (Å²) in [4.78, 5) is 17.1. The number of aliphatic imine (C=N–C) groups is 1. The molecule has 0 spiro atoms. The van der Waals surface area contributed by atoms with Gasteiger partial charge in [0.25, 0.3) is 5.69 Å². The van der Waals surface area contributed by atoms with Crippen molar-refractivity contribution in [1.29, 1.82) is 0 Å². The van der Waals surface area contributed by atoms with Gasteiger partial charge in [0.05, 0.1) is 11.5 Å². The van der Waals surface area contributed by atoms with Gasteiger partial charge in [-0.15, -0.1) is 0 Å². The molecule has 8 nitrogen and oxygen atoms in total. The molecule has 0 aliphatic carbocycles. The second-order valence-electron chi connectivity index (χ2n) is 6.73. The van der Waals surface area contributed by atoms with Crippen molar-refractivity contribution < 1.29 is 9.66 Å². The Kier molecular flexibility index (Phi) is 8.83. The van der Waals surface area contributed by atoms with Crippen LogP contribution in [0.4, 0.5) is 11.4 Å². The zero-order valence-corrected chi connectivity index (χ0v) is 16.3. The van der Waals surface area contributed by atoms with Gasteiger partial charge in [-0.1, -0.05) is 0 Å². The molecule has 0 radical (unpaired) electrons. The van der Waals surface area contributed by atoms with Gasteiger partial charge in [-0.3, -0.25) is 15.1 Å². The summed E-state index contributed by atoms with van der Waals surface area (Å²) in [6.07, 6.45) is 3.46. The van der Waals surface area contributed by atoms with E-state index in [0.29, 0.717) is 13.1 Å². The lowest BCUT2D eigenvalue weighted by atomic mass is 9.96. The molecular formula is C19H31N5O3. The molecule has 0 unspecified atom stereocenters. The second-order valence-corrected chi connectivity index (χ2v) is 6.73. The number of ether oxygens (including phenoxy) is 1.